The lowest BCUT2D eigenvalue weighted by Crippen LogP contribution is -2.46. The fraction of sp³-hybridized carbons (Fsp3) is 0.467. The highest BCUT2D eigenvalue weighted by molar-refractivity contribution is 5.89. The van der Waals surface area contributed by atoms with Crippen LogP contribution in [0.25, 0.3) is 0 Å². The number of benzene rings is 1. The Morgan fingerprint density at radius 1 is 1.35 bits per heavy atom. The van der Waals surface area contributed by atoms with E-state index in [9.17, 15) is 9.59 Å². The number of carbonyl (C=O) groups is 2. The van der Waals surface area contributed by atoms with Crippen LogP contribution in [-0.2, 0) is 11.2 Å². The maximum atomic E-state index is 12.1. The molecule has 2 rings (SSSR count). The second-order valence-electron chi connectivity index (χ2n) is 5.35. The molecule has 5 heteroatoms. The van der Waals surface area contributed by atoms with Crippen LogP contribution in [0.15, 0.2) is 18.2 Å². The molecular weight excluding hydrogens is 256 g/mol. The summed E-state index contributed by atoms with van der Waals surface area (Å²) in [5, 5.41) is 9.05. The van der Waals surface area contributed by atoms with E-state index in [1.54, 1.807) is 31.1 Å². The van der Waals surface area contributed by atoms with Crippen molar-refractivity contribution in [3.05, 3.63) is 29.3 Å². The van der Waals surface area contributed by atoms with Crippen LogP contribution >= 0.6 is 0 Å². The zero-order valence-corrected chi connectivity index (χ0v) is 12.1. The molecule has 108 valence electrons. The van der Waals surface area contributed by atoms with Crippen molar-refractivity contribution in [1.82, 2.24) is 4.90 Å². The largest absolute Gasteiger partial charge is 0.478 e. The van der Waals surface area contributed by atoms with Crippen LogP contribution in [0.5, 0.6) is 0 Å². The van der Waals surface area contributed by atoms with Gasteiger partial charge >= 0.3 is 5.97 Å². The van der Waals surface area contributed by atoms with Crippen LogP contribution < -0.4 is 4.90 Å². The highest BCUT2D eigenvalue weighted by Gasteiger charge is 2.27. The average molecular weight is 276 g/mol. The van der Waals surface area contributed by atoms with Gasteiger partial charge in [0.1, 0.15) is 6.04 Å². The van der Waals surface area contributed by atoms with E-state index in [0.29, 0.717) is 5.56 Å². The fourth-order valence-corrected chi connectivity index (χ4v) is 2.67. The number of hydrogen-bond acceptors (Lipinski definition) is 3. The standard InChI is InChI=1S/C15H20N2O3/c1-10(14(18)16(2)3)17-8-4-5-11-9-12(15(19)20)6-7-13(11)17/h6-7,9-10H,4-5,8H2,1-3H3,(H,19,20). The van der Waals surface area contributed by atoms with Crippen LogP contribution in [0.2, 0.25) is 0 Å². The molecule has 1 heterocycles. The van der Waals surface area contributed by atoms with E-state index in [-0.39, 0.29) is 11.9 Å². The summed E-state index contributed by atoms with van der Waals surface area (Å²) >= 11 is 0. The van der Waals surface area contributed by atoms with Gasteiger partial charge in [-0.2, -0.15) is 0 Å². The first-order valence-corrected chi connectivity index (χ1v) is 6.76. The molecule has 1 aliphatic heterocycles. The number of carboxylic acid groups (broad SMARTS) is 1. The van der Waals surface area contributed by atoms with Gasteiger partial charge < -0.3 is 14.9 Å². The van der Waals surface area contributed by atoms with Gasteiger partial charge in [-0.1, -0.05) is 0 Å². The third kappa shape index (κ3) is 2.61. The lowest BCUT2D eigenvalue weighted by Gasteiger charge is -2.36. The van der Waals surface area contributed by atoms with E-state index in [0.717, 1.165) is 30.6 Å². The van der Waals surface area contributed by atoms with E-state index in [4.69, 9.17) is 5.11 Å². The minimum Gasteiger partial charge on any atom is -0.478 e. The Balaban J connectivity index is 2.33. The topological polar surface area (TPSA) is 60.9 Å². The molecule has 0 saturated carbocycles. The van der Waals surface area contributed by atoms with Crippen LogP contribution in [0.1, 0.15) is 29.3 Å². The molecule has 1 atom stereocenters. The Bertz CT molecular complexity index is 540. The Morgan fingerprint density at radius 2 is 2.05 bits per heavy atom. The smallest absolute Gasteiger partial charge is 0.335 e. The number of amides is 1. The van der Waals surface area contributed by atoms with Gasteiger partial charge in [0.05, 0.1) is 5.56 Å². The van der Waals surface area contributed by atoms with Gasteiger partial charge in [-0.25, -0.2) is 4.79 Å². The van der Waals surface area contributed by atoms with Crippen LogP contribution in [0.3, 0.4) is 0 Å². The van der Waals surface area contributed by atoms with Crippen molar-refractivity contribution in [2.24, 2.45) is 0 Å². The summed E-state index contributed by atoms with van der Waals surface area (Å²) in [6.07, 6.45) is 1.79. The lowest BCUT2D eigenvalue weighted by molar-refractivity contribution is -0.129. The summed E-state index contributed by atoms with van der Waals surface area (Å²) in [5.74, 6) is -0.859. The molecule has 0 aromatic heterocycles. The zero-order valence-electron chi connectivity index (χ0n) is 12.1. The Morgan fingerprint density at radius 3 is 2.65 bits per heavy atom. The van der Waals surface area contributed by atoms with E-state index in [2.05, 4.69) is 4.90 Å². The van der Waals surface area contributed by atoms with E-state index in [1.807, 2.05) is 13.0 Å². The van der Waals surface area contributed by atoms with Crippen LogP contribution in [0.4, 0.5) is 5.69 Å². The molecule has 1 aromatic rings. The van der Waals surface area contributed by atoms with E-state index < -0.39 is 5.97 Å². The van der Waals surface area contributed by atoms with Crippen molar-refractivity contribution in [3.63, 3.8) is 0 Å². The Labute approximate surface area is 118 Å². The molecule has 0 radical (unpaired) electrons. The molecule has 0 bridgehead atoms. The van der Waals surface area contributed by atoms with Crippen LogP contribution in [0, 0.1) is 0 Å². The number of aromatic carboxylic acids is 1. The first-order valence-electron chi connectivity index (χ1n) is 6.76. The first kappa shape index (κ1) is 14.4. The molecule has 1 unspecified atom stereocenters. The van der Waals surface area contributed by atoms with Gasteiger partial charge in [0.15, 0.2) is 0 Å². The normalized spacial score (nSPS) is 15.4. The molecular formula is C15H20N2O3. The summed E-state index contributed by atoms with van der Waals surface area (Å²) < 4.78 is 0. The van der Waals surface area contributed by atoms with Crippen molar-refractivity contribution in [1.29, 1.82) is 0 Å². The summed E-state index contributed by atoms with van der Waals surface area (Å²) in [4.78, 5) is 26.8. The highest BCUT2D eigenvalue weighted by Crippen LogP contribution is 2.30. The van der Waals surface area contributed by atoms with Gasteiger partial charge in [0.25, 0.3) is 0 Å². The van der Waals surface area contributed by atoms with Crippen molar-refractivity contribution >= 4 is 17.6 Å². The maximum absolute atomic E-state index is 12.1. The molecule has 0 fully saturated rings. The maximum Gasteiger partial charge on any atom is 0.335 e. The number of aryl methyl sites for hydroxylation is 1. The monoisotopic (exact) mass is 276 g/mol. The summed E-state index contributed by atoms with van der Waals surface area (Å²) in [7, 11) is 3.49. The second kappa shape index (κ2) is 5.53. The quantitative estimate of drug-likeness (QED) is 0.911. The predicted octanol–water partition coefficient (Wildman–Crippen LogP) is 1.61. The van der Waals surface area contributed by atoms with Gasteiger partial charge in [-0.3, -0.25) is 4.79 Å². The summed E-state index contributed by atoms with van der Waals surface area (Å²) in [6, 6.07) is 4.90. The van der Waals surface area contributed by atoms with E-state index in [1.165, 1.54) is 0 Å². The zero-order chi connectivity index (χ0) is 14.9. The molecule has 1 N–H and O–H groups in total. The number of carboxylic acids is 1. The molecule has 1 aliphatic rings. The number of fused-ring (bicyclic) bond motifs is 1. The van der Waals surface area contributed by atoms with Gasteiger partial charge in [-0.05, 0) is 43.5 Å². The fourth-order valence-electron chi connectivity index (χ4n) is 2.67. The number of nitrogens with zero attached hydrogens (tertiary/aromatic N) is 2. The van der Waals surface area contributed by atoms with Crippen LogP contribution in [-0.4, -0.2) is 48.6 Å². The number of rotatable bonds is 3. The second-order valence-corrected chi connectivity index (χ2v) is 5.35. The minimum absolute atomic E-state index is 0.0557. The number of hydrogen-bond donors (Lipinski definition) is 1. The van der Waals surface area contributed by atoms with Gasteiger partial charge in [-0.15, -0.1) is 0 Å². The Hall–Kier alpha value is -2.04. The summed E-state index contributed by atoms with van der Waals surface area (Å²) in [6.45, 7) is 2.71. The summed E-state index contributed by atoms with van der Waals surface area (Å²) in [5.41, 5.74) is 2.29. The highest BCUT2D eigenvalue weighted by atomic mass is 16.4. The molecule has 0 spiro atoms. The molecule has 0 saturated heterocycles. The Kier molecular flexibility index (Phi) is 3.97. The third-order valence-electron chi connectivity index (χ3n) is 3.75. The third-order valence-corrected chi connectivity index (χ3v) is 3.75. The van der Waals surface area contributed by atoms with Crippen molar-refractivity contribution < 1.29 is 14.7 Å². The van der Waals surface area contributed by atoms with Crippen molar-refractivity contribution in [2.75, 3.05) is 25.5 Å². The predicted molar refractivity (Wildman–Crippen MR) is 77.2 cm³/mol. The van der Waals surface area contributed by atoms with E-state index >= 15 is 0 Å². The SMILES string of the molecule is CC(C(=O)N(C)C)N1CCCc2cc(C(=O)O)ccc21. The number of likely N-dealkylation sites (N-methyl/N-ethyl adjacent to an activating group) is 1. The molecule has 0 aliphatic carbocycles. The number of carbonyl (C=O) groups excluding carboxylic acids is 1. The molecule has 1 amide bonds. The molecule has 20 heavy (non-hydrogen) atoms. The average Bonchev–Trinajstić information content (AvgIpc) is 2.44. The minimum atomic E-state index is -0.915. The first-order chi connectivity index (χ1) is 9.41. The number of anilines is 1. The lowest BCUT2D eigenvalue weighted by atomic mass is 9.97. The van der Waals surface area contributed by atoms with Gasteiger partial charge in [0, 0.05) is 26.3 Å². The van der Waals surface area contributed by atoms with Crippen molar-refractivity contribution in [3.8, 4) is 0 Å². The van der Waals surface area contributed by atoms with Crippen molar-refractivity contribution in [2.45, 2.75) is 25.8 Å². The van der Waals surface area contributed by atoms with Gasteiger partial charge in [0.2, 0.25) is 5.91 Å². The molecule has 5 nitrogen and oxygen atoms in total. The molecule has 1 aromatic carbocycles.